The van der Waals surface area contributed by atoms with Gasteiger partial charge in [0.2, 0.25) is 5.91 Å². The van der Waals surface area contributed by atoms with E-state index in [9.17, 15) is 4.79 Å². The van der Waals surface area contributed by atoms with Crippen LogP contribution in [-0.2, 0) is 9.53 Å². The van der Waals surface area contributed by atoms with Crippen LogP contribution in [0.4, 0.5) is 0 Å². The minimum absolute atomic E-state index is 0.0751. The van der Waals surface area contributed by atoms with E-state index in [0.717, 1.165) is 13.2 Å². The maximum absolute atomic E-state index is 10.5. The van der Waals surface area contributed by atoms with Gasteiger partial charge in [0, 0.05) is 0 Å². The number of ether oxygens (including phenoxy) is 1. The molecular weight excluding hydrogens is 150 g/mol. The van der Waals surface area contributed by atoms with Gasteiger partial charge in [-0.1, -0.05) is 0 Å². The highest BCUT2D eigenvalue weighted by Gasteiger charge is 2.23. The summed E-state index contributed by atoms with van der Waals surface area (Å²) < 4.78 is 4.94. The molecule has 1 aliphatic heterocycles. The molecule has 0 aromatic heterocycles. The van der Waals surface area contributed by atoms with Crippen LogP contribution in [0.15, 0.2) is 0 Å². The van der Waals surface area contributed by atoms with Crippen LogP contribution in [0.25, 0.3) is 0 Å². The standard InChI is InChI=1S/C6H11NO2S/c1-4(6(7)8)10-5-2-9-3-5/h4-5H,2-3H2,1H3,(H2,7,8). The van der Waals surface area contributed by atoms with Gasteiger partial charge in [-0.15, -0.1) is 11.8 Å². The molecule has 10 heavy (non-hydrogen) atoms. The average molecular weight is 161 g/mol. The topological polar surface area (TPSA) is 52.3 Å². The van der Waals surface area contributed by atoms with E-state index in [4.69, 9.17) is 10.5 Å². The molecule has 1 heterocycles. The van der Waals surface area contributed by atoms with E-state index >= 15 is 0 Å². The molecule has 4 heteroatoms. The minimum atomic E-state index is -0.239. The molecule has 1 unspecified atom stereocenters. The Labute approximate surface area is 64.3 Å². The van der Waals surface area contributed by atoms with Crippen LogP contribution < -0.4 is 5.73 Å². The first-order valence-corrected chi connectivity index (χ1v) is 4.17. The van der Waals surface area contributed by atoms with Crippen molar-refractivity contribution in [2.24, 2.45) is 5.73 Å². The number of carbonyl (C=O) groups is 1. The van der Waals surface area contributed by atoms with Crippen LogP contribution in [0.3, 0.4) is 0 Å². The first-order valence-electron chi connectivity index (χ1n) is 3.22. The summed E-state index contributed by atoms with van der Waals surface area (Å²) in [5, 5.41) is 0.413. The molecule has 2 N–H and O–H groups in total. The normalized spacial score (nSPS) is 21.7. The third-order valence-electron chi connectivity index (χ3n) is 1.40. The van der Waals surface area contributed by atoms with E-state index in [-0.39, 0.29) is 11.2 Å². The number of hydrogen-bond acceptors (Lipinski definition) is 3. The Hall–Kier alpha value is -0.220. The molecule has 1 fully saturated rings. The molecule has 1 atom stereocenters. The van der Waals surface area contributed by atoms with E-state index < -0.39 is 0 Å². The lowest BCUT2D eigenvalue weighted by Gasteiger charge is -2.26. The second-order valence-electron chi connectivity index (χ2n) is 2.34. The van der Waals surface area contributed by atoms with Crippen LogP contribution in [0.2, 0.25) is 0 Å². The Morgan fingerprint density at radius 2 is 2.40 bits per heavy atom. The minimum Gasteiger partial charge on any atom is -0.379 e. The van der Waals surface area contributed by atoms with Gasteiger partial charge in [0.15, 0.2) is 0 Å². The predicted molar refractivity (Wildman–Crippen MR) is 40.9 cm³/mol. The fourth-order valence-corrected chi connectivity index (χ4v) is 1.71. The van der Waals surface area contributed by atoms with E-state index in [1.807, 2.05) is 6.92 Å². The van der Waals surface area contributed by atoms with Crippen molar-refractivity contribution in [2.75, 3.05) is 13.2 Å². The summed E-state index contributed by atoms with van der Waals surface area (Å²) in [6, 6.07) is 0. The lowest BCUT2D eigenvalue weighted by Crippen LogP contribution is -2.35. The van der Waals surface area contributed by atoms with Crippen molar-refractivity contribution in [2.45, 2.75) is 17.4 Å². The van der Waals surface area contributed by atoms with Gasteiger partial charge in [-0.2, -0.15) is 0 Å². The lowest BCUT2D eigenvalue weighted by atomic mass is 10.4. The van der Waals surface area contributed by atoms with Crippen LogP contribution in [0.5, 0.6) is 0 Å². The molecule has 0 bridgehead atoms. The summed E-state index contributed by atoms with van der Waals surface area (Å²) in [5.41, 5.74) is 5.06. The van der Waals surface area contributed by atoms with Gasteiger partial charge in [0.25, 0.3) is 0 Å². The highest BCUT2D eigenvalue weighted by Crippen LogP contribution is 2.23. The molecule has 0 aliphatic carbocycles. The van der Waals surface area contributed by atoms with E-state index in [0.29, 0.717) is 5.25 Å². The molecule has 0 radical (unpaired) electrons. The van der Waals surface area contributed by atoms with Crippen LogP contribution >= 0.6 is 11.8 Å². The van der Waals surface area contributed by atoms with Gasteiger partial charge in [0.1, 0.15) is 0 Å². The van der Waals surface area contributed by atoms with Gasteiger partial charge < -0.3 is 10.5 Å². The molecule has 0 saturated carbocycles. The number of rotatable bonds is 3. The number of thioether (sulfide) groups is 1. The molecule has 0 aromatic carbocycles. The van der Waals surface area contributed by atoms with Crippen LogP contribution in [-0.4, -0.2) is 29.6 Å². The third-order valence-corrected chi connectivity index (χ3v) is 2.70. The molecular formula is C6H11NO2S. The largest absolute Gasteiger partial charge is 0.379 e. The highest BCUT2D eigenvalue weighted by atomic mass is 32.2. The molecule has 1 rings (SSSR count). The Bertz CT molecular complexity index is 136. The molecule has 58 valence electrons. The molecule has 0 spiro atoms. The summed E-state index contributed by atoms with van der Waals surface area (Å²) in [4.78, 5) is 10.5. The first kappa shape index (κ1) is 7.88. The van der Waals surface area contributed by atoms with Crippen LogP contribution in [0, 0.1) is 0 Å². The molecule has 1 amide bonds. The maximum Gasteiger partial charge on any atom is 0.230 e. The van der Waals surface area contributed by atoms with Gasteiger partial charge in [0.05, 0.1) is 23.7 Å². The lowest BCUT2D eigenvalue weighted by molar-refractivity contribution is -0.117. The van der Waals surface area contributed by atoms with Crippen molar-refractivity contribution in [3.63, 3.8) is 0 Å². The number of nitrogens with two attached hydrogens (primary N) is 1. The van der Waals surface area contributed by atoms with Gasteiger partial charge in [-0.3, -0.25) is 4.79 Å². The Morgan fingerprint density at radius 3 is 2.70 bits per heavy atom. The van der Waals surface area contributed by atoms with Gasteiger partial charge in [-0.05, 0) is 6.92 Å². The summed E-state index contributed by atoms with van der Waals surface area (Å²) in [7, 11) is 0. The van der Waals surface area contributed by atoms with Gasteiger partial charge in [-0.25, -0.2) is 0 Å². The quantitative estimate of drug-likeness (QED) is 0.633. The monoisotopic (exact) mass is 161 g/mol. The smallest absolute Gasteiger partial charge is 0.230 e. The zero-order valence-corrected chi connectivity index (χ0v) is 6.69. The van der Waals surface area contributed by atoms with Gasteiger partial charge >= 0.3 is 0 Å². The van der Waals surface area contributed by atoms with Crippen molar-refractivity contribution in [1.82, 2.24) is 0 Å². The number of amides is 1. The fourth-order valence-electron chi connectivity index (χ4n) is 0.648. The number of hydrogen-bond donors (Lipinski definition) is 1. The summed E-state index contributed by atoms with van der Waals surface area (Å²) >= 11 is 1.59. The number of carbonyl (C=O) groups excluding carboxylic acids is 1. The maximum atomic E-state index is 10.5. The second kappa shape index (κ2) is 3.25. The Morgan fingerprint density at radius 1 is 1.80 bits per heavy atom. The third kappa shape index (κ3) is 1.88. The zero-order chi connectivity index (χ0) is 7.56. The SMILES string of the molecule is CC(SC1COC1)C(N)=O. The van der Waals surface area contributed by atoms with Crippen molar-refractivity contribution >= 4 is 17.7 Å². The van der Waals surface area contributed by atoms with Crippen molar-refractivity contribution in [1.29, 1.82) is 0 Å². The molecule has 0 aromatic rings. The summed E-state index contributed by atoms with van der Waals surface area (Å²) in [5.74, 6) is -0.239. The molecule has 1 saturated heterocycles. The Balaban J connectivity index is 2.16. The average Bonchev–Trinajstić information content (AvgIpc) is 1.77. The van der Waals surface area contributed by atoms with Crippen molar-refractivity contribution < 1.29 is 9.53 Å². The van der Waals surface area contributed by atoms with Crippen LogP contribution in [0.1, 0.15) is 6.92 Å². The predicted octanol–water partition coefficient (Wildman–Crippen LogP) is -0.00780. The first-order chi connectivity index (χ1) is 4.70. The summed E-state index contributed by atoms with van der Waals surface area (Å²) in [6.07, 6.45) is 0. The zero-order valence-electron chi connectivity index (χ0n) is 5.87. The highest BCUT2D eigenvalue weighted by molar-refractivity contribution is 8.01. The fraction of sp³-hybridized carbons (Fsp3) is 0.833. The van der Waals surface area contributed by atoms with E-state index in [1.54, 1.807) is 11.8 Å². The van der Waals surface area contributed by atoms with E-state index in [2.05, 4.69) is 0 Å². The summed E-state index contributed by atoms with van der Waals surface area (Å²) in [6.45, 7) is 3.36. The molecule has 1 aliphatic rings. The Kier molecular flexibility index (Phi) is 2.56. The number of primary amides is 1. The molecule has 3 nitrogen and oxygen atoms in total. The van der Waals surface area contributed by atoms with Crippen molar-refractivity contribution in [3.05, 3.63) is 0 Å². The van der Waals surface area contributed by atoms with Crippen molar-refractivity contribution in [3.8, 4) is 0 Å². The van der Waals surface area contributed by atoms with E-state index in [1.165, 1.54) is 0 Å². The second-order valence-corrected chi connectivity index (χ2v) is 3.99.